The van der Waals surface area contributed by atoms with Crippen molar-refractivity contribution in [2.75, 3.05) is 6.54 Å². The molecule has 0 unspecified atom stereocenters. The minimum atomic E-state index is 0.406. The molecule has 0 radical (unpaired) electrons. The van der Waals surface area contributed by atoms with Crippen LogP contribution in [0.3, 0.4) is 0 Å². The summed E-state index contributed by atoms with van der Waals surface area (Å²) in [6, 6.07) is 0. The first-order valence-corrected chi connectivity index (χ1v) is 6.74. The predicted octanol–water partition coefficient (Wildman–Crippen LogP) is 1.65. The van der Waals surface area contributed by atoms with E-state index in [2.05, 4.69) is 24.1 Å². The van der Waals surface area contributed by atoms with Crippen LogP contribution in [0.4, 0.5) is 0 Å². The molecule has 3 rings (SSSR count). The highest BCUT2D eigenvalue weighted by atomic mass is 15.1. The maximum Gasteiger partial charge on any atom is 0.178 e. The van der Waals surface area contributed by atoms with E-state index in [4.69, 9.17) is 9.97 Å². The molecule has 0 bridgehead atoms. The molecule has 1 N–H and O–H groups in total. The van der Waals surface area contributed by atoms with Gasteiger partial charge < -0.3 is 9.88 Å². The Morgan fingerprint density at radius 1 is 1.32 bits per heavy atom. The predicted molar refractivity (Wildman–Crippen MR) is 73.7 cm³/mol. The molecule has 0 atom stereocenters. The van der Waals surface area contributed by atoms with E-state index < -0.39 is 0 Å². The quantitative estimate of drug-likeness (QED) is 0.888. The molecular weight excluding hydrogens is 238 g/mol. The van der Waals surface area contributed by atoms with E-state index in [9.17, 15) is 0 Å². The van der Waals surface area contributed by atoms with Crippen molar-refractivity contribution in [1.82, 2.24) is 24.8 Å². The first-order chi connectivity index (χ1) is 9.16. The number of nitrogens with zero attached hydrogens (tertiary/aromatic N) is 4. The van der Waals surface area contributed by atoms with Crippen LogP contribution in [0.15, 0.2) is 12.5 Å². The van der Waals surface area contributed by atoms with Gasteiger partial charge in [0, 0.05) is 32.1 Å². The molecule has 0 saturated heterocycles. The molecule has 1 aliphatic rings. The summed E-state index contributed by atoms with van der Waals surface area (Å²) in [5, 5.41) is 3.40. The number of aryl methyl sites for hydroxylation is 1. The van der Waals surface area contributed by atoms with E-state index in [1.807, 2.05) is 17.8 Å². The molecule has 0 aliphatic carbocycles. The molecule has 0 fully saturated rings. The first kappa shape index (κ1) is 12.3. The summed E-state index contributed by atoms with van der Waals surface area (Å²) in [5.41, 5.74) is 4.61. The Morgan fingerprint density at radius 3 is 2.84 bits per heavy atom. The Balaban J connectivity index is 2.17. The van der Waals surface area contributed by atoms with Gasteiger partial charge in [-0.25, -0.2) is 15.0 Å². The lowest BCUT2D eigenvalue weighted by molar-refractivity contribution is 0.609. The Kier molecular flexibility index (Phi) is 3.06. The molecule has 100 valence electrons. The minimum absolute atomic E-state index is 0.406. The van der Waals surface area contributed by atoms with Gasteiger partial charge in [0.05, 0.1) is 23.9 Å². The van der Waals surface area contributed by atoms with E-state index >= 15 is 0 Å². The van der Waals surface area contributed by atoms with Gasteiger partial charge in [-0.1, -0.05) is 13.8 Å². The zero-order chi connectivity index (χ0) is 13.4. The van der Waals surface area contributed by atoms with Crippen molar-refractivity contribution < 1.29 is 0 Å². The second-order valence-corrected chi connectivity index (χ2v) is 5.33. The SMILES string of the molecule is CC(C)c1nc(-c2cncn2C)nc2c1CNCC2. The Hall–Kier alpha value is -1.75. The van der Waals surface area contributed by atoms with Gasteiger partial charge in [-0.05, 0) is 5.92 Å². The third kappa shape index (κ3) is 2.14. The van der Waals surface area contributed by atoms with E-state index in [0.29, 0.717) is 5.92 Å². The van der Waals surface area contributed by atoms with Crippen molar-refractivity contribution in [3.63, 3.8) is 0 Å². The lowest BCUT2D eigenvalue weighted by atomic mass is 9.98. The van der Waals surface area contributed by atoms with Gasteiger partial charge in [-0.15, -0.1) is 0 Å². The fourth-order valence-corrected chi connectivity index (χ4v) is 2.53. The smallest absolute Gasteiger partial charge is 0.178 e. The van der Waals surface area contributed by atoms with Crippen molar-refractivity contribution in [3.05, 3.63) is 29.5 Å². The maximum atomic E-state index is 4.78. The van der Waals surface area contributed by atoms with Gasteiger partial charge in [0.15, 0.2) is 5.82 Å². The highest BCUT2D eigenvalue weighted by Gasteiger charge is 2.20. The number of hydrogen-bond donors (Lipinski definition) is 1. The Morgan fingerprint density at radius 2 is 2.16 bits per heavy atom. The van der Waals surface area contributed by atoms with Gasteiger partial charge in [0.25, 0.3) is 0 Å². The second kappa shape index (κ2) is 4.74. The molecule has 5 nitrogen and oxygen atoms in total. The van der Waals surface area contributed by atoms with E-state index in [1.54, 1.807) is 6.33 Å². The average Bonchev–Trinajstić information content (AvgIpc) is 2.83. The van der Waals surface area contributed by atoms with Crippen molar-refractivity contribution in [2.45, 2.75) is 32.7 Å². The highest BCUT2D eigenvalue weighted by molar-refractivity contribution is 5.50. The molecule has 0 amide bonds. The molecule has 0 saturated carbocycles. The minimum Gasteiger partial charge on any atom is -0.331 e. The van der Waals surface area contributed by atoms with Crippen LogP contribution in [0.2, 0.25) is 0 Å². The topological polar surface area (TPSA) is 55.6 Å². The van der Waals surface area contributed by atoms with Crippen LogP contribution in [0.1, 0.15) is 36.7 Å². The first-order valence-electron chi connectivity index (χ1n) is 6.74. The number of fused-ring (bicyclic) bond motifs is 1. The van der Waals surface area contributed by atoms with Crippen molar-refractivity contribution >= 4 is 0 Å². The van der Waals surface area contributed by atoms with E-state index in [-0.39, 0.29) is 0 Å². The van der Waals surface area contributed by atoms with Gasteiger partial charge in [-0.3, -0.25) is 0 Å². The molecule has 0 spiro atoms. The summed E-state index contributed by atoms with van der Waals surface area (Å²) in [7, 11) is 1.97. The number of nitrogens with one attached hydrogen (secondary N) is 1. The fraction of sp³-hybridized carbons (Fsp3) is 0.500. The molecule has 2 aromatic heterocycles. The molecule has 5 heteroatoms. The van der Waals surface area contributed by atoms with Crippen LogP contribution in [0.25, 0.3) is 11.5 Å². The fourth-order valence-electron chi connectivity index (χ4n) is 2.53. The normalized spacial score (nSPS) is 14.7. The number of rotatable bonds is 2. The van der Waals surface area contributed by atoms with Crippen LogP contribution >= 0.6 is 0 Å². The zero-order valence-electron chi connectivity index (χ0n) is 11.6. The Bertz CT molecular complexity index is 600. The van der Waals surface area contributed by atoms with Crippen LogP contribution in [0.5, 0.6) is 0 Å². The highest BCUT2D eigenvalue weighted by Crippen LogP contribution is 2.25. The summed E-state index contributed by atoms with van der Waals surface area (Å²) in [4.78, 5) is 13.7. The monoisotopic (exact) mass is 257 g/mol. The molecule has 1 aliphatic heterocycles. The number of aromatic nitrogens is 4. The van der Waals surface area contributed by atoms with E-state index in [1.165, 1.54) is 11.3 Å². The summed E-state index contributed by atoms with van der Waals surface area (Å²) in [6.07, 6.45) is 4.59. The lowest BCUT2D eigenvalue weighted by Crippen LogP contribution is -2.27. The third-order valence-corrected chi connectivity index (χ3v) is 3.56. The van der Waals surface area contributed by atoms with Crippen molar-refractivity contribution in [3.8, 4) is 11.5 Å². The molecular formula is C14H19N5. The van der Waals surface area contributed by atoms with E-state index in [0.717, 1.165) is 36.7 Å². The standard InChI is InChI=1S/C14H19N5/c1-9(2)13-10-6-15-5-4-11(10)17-14(18-13)12-7-16-8-19(12)3/h7-9,15H,4-6H2,1-3H3. The van der Waals surface area contributed by atoms with Crippen LogP contribution < -0.4 is 5.32 Å². The molecule has 19 heavy (non-hydrogen) atoms. The number of imidazole rings is 1. The van der Waals surface area contributed by atoms with Crippen LogP contribution in [-0.4, -0.2) is 26.1 Å². The third-order valence-electron chi connectivity index (χ3n) is 3.56. The van der Waals surface area contributed by atoms with Gasteiger partial charge >= 0.3 is 0 Å². The van der Waals surface area contributed by atoms with Crippen LogP contribution in [-0.2, 0) is 20.0 Å². The zero-order valence-corrected chi connectivity index (χ0v) is 11.6. The molecule has 2 aromatic rings. The second-order valence-electron chi connectivity index (χ2n) is 5.33. The van der Waals surface area contributed by atoms with Gasteiger partial charge in [0.1, 0.15) is 5.69 Å². The van der Waals surface area contributed by atoms with Gasteiger partial charge in [-0.2, -0.15) is 0 Å². The Labute approximate surface area is 113 Å². The van der Waals surface area contributed by atoms with Crippen molar-refractivity contribution in [2.24, 2.45) is 7.05 Å². The maximum absolute atomic E-state index is 4.78. The average molecular weight is 257 g/mol. The summed E-state index contributed by atoms with van der Waals surface area (Å²) >= 11 is 0. The summed E-state index contributed by atoms with van der Waals surface area (Å²) in [6.45, 7) is 6.25. The molecule has 3 heterocycles. The summed E-state index contributed by atoms with van der Waals surface area (Å²) < 4.78 is 1.97. The van der Waals surface area contributed by atoms with Crippen molar-refractivity contribution in [1.29, 1.82) is 0 Å². The summed E-state index contributed by atoms with van der Waals surface area (Å²) in [5.74, 6) is 1.20. The lowest BCUT2D eigenvalue weighted by Gasteiger charge is -2.21. The van der Waals surface area contributed by atoms with Crippen LogP contribution in [0, 0.1) is 0 Å². The largest absolute Gasteiger partial charge is 0.331 e. The van der Waals surface area contributed by atoms with Gasteiger partial charge in [0.2, 0.25) is 0 Å². The molecule has 0 aromatic carbocycles. The number of hydrogen-bond acceptors (Lipinski definition) is 4.